The Morgan fingerprint density at radius 3 is 2.33 bits per heavy atom. The summed E-state index contributed by atoms with van der Waals surface area (Å²) in [5.74, 6) is -0.182. The lowest BCUT2D eigenvalue weighted by Crippen LogP contribution is -2.36. The molecule has 0 bridgehead atoms. The van der Waals surface area contributed by atoms with E-state index >= 15 is 0 Å². The normalized spacial score (nSPS) is 28.8. The molecule has 4 N–H and O–H groups in total. The number of anilines is 1. The monoisotopic (exact) mass is 557 g/mol. The van der Waals surface area contributed by atoms with E-state index in [1.165, 1.54) is 0 Å². The molecule has 6 unspecified atom stereocenters. The summed E-state index contributed by atoms with van der Waals surface area (Å²) in [5, 5.41) is 20.0. The predicted molar refractivity (Wildman–Crippen MR) is 87.5 cm³/mol. The number of aliphatic hydroxyl groups excluding tert-OH is 2. The Kier molecular flexibility index (Phi) is 7.83. The van der Waals surface area contributed by atoms with Gasteiger partial charge in [-0.3, -0.25) is 18.0 Å². The van der Waals surface area contributed by atoms with Crippen LogP contribution in [0, 0.1) is 0 Å². The number of hydrogen-bond donors (Lipinski definition) is 3. The molecule has 0 aromatic carbocycles. The van der Waals surface area contributed by atoms with Gasteiger partial charge in [0, 0.05) is 6.20 Å². The van der Waals surface area contributed by atoms with Crippen molar-refractivity contribution in [2.24, 2.45) is 0 Å². The maximum absolute atomic E-state index is 11.9. The fourth-order valence-electron chi connectivity index (χ4n) is 2.18. The van der Waals surface area contributed by atoms with Gasteiger partial charge >= 0.3 is 5.69 Å². The molecule has 6 atom stereocenters. The number of nitrogens with zero attached hydrogens (tertiary/aromatic N) is 2. The van der Waals surface area contributed by atoms with Crippen LogP contribution in [0.1, 0.15) is 6.23 Å². The second-order valence-electron chi connectivity index (χ2n) is 5.51. The van der Waals surface area contributed by atoms with Crippen LogP contribution in [-0.2, 0) is 31.6 Å². The first-order valence-electron chi connectivity index (χ1n) is 7.28. The lowest BCUT2D eigenvalue weighted by atomic mass is 10.1. The summed E-state index contributed by atoms with van der Waals surface area (Å²) in [6.45, 7) is -1.15. The van der Waals surface area contributed by atoms with Crippen LogP contribution >= 0.6 is 39.4 Å². The highest BCUT2D eigenvalue weighted by molar-refractivity contribution is 9.10. The zero-order valence-corrected chi connectivity index (χ0v) is 18.3. The molecule has 30 heavy (non-hydrogen) atoms. The molecule has 0 saturated carbocycles. The Morgan fingerprint density at radius 2 is 1.77 bits per heavy atom. The van der Waals surface area contributed by atoms with Crippen molar-refractivity contribution in [3.05, 3.63) is 21.2 Å². The molecule has 1 aliphatic heterocycles. The van der Waals surface area contributed by atoms with Gasteiger partial charge in [0.1, 0.15) is 24.1 Å². The van der Waals surface area contributed by atoms with Gasteiger partial charge in [0.25, 0.3) is 15.6 Å². The number of nitrogen functional groups attached to an aromatic ring is 1. The molecule has 2 rings (SSSR count). The molecule has 21 heteroatoms. The van der Waals surface area contributed by atoms with Crippen LogP contribution in [0.25, 0.3) is 0 Å². The van der Waals surface area contributed by atoms with Crippen molar-refractivity contribution in [1.29, 1.82) is 0 Å². The molecule has 1 aromatic rings. The molecule has 1 fully saturated rings. The molecule has 0 aliphatic carbocycles. The highest BCUT2D eigenvalue weighted by Gasteiger charge is 2.45. The Balaban J connectivity index is 2.09. The number of ether oxygens (including phenoxy) is 1. The van der Waals surface area contributed by atoms with Gasteiger partial charge in [0.2, 0.25) is 0 Å². The van der Waals surface area contributed by atoms with Crippen LogP contribution in [0.3, 0.4) is 0 Å². The zero-order chi connectivity index (χ0) is 23.1. The van der Waals surface area contributed by atoms with E-state index in [2.05, 4.69) is 34.1 Å². The van der Waals surface area contributed by atoms with Crippen molar-refractivity contribution >= 4 is 45.2 Å². The molecule has 0 amide bonds. The lowest BCUT2D eigenvalue weighted by molar-refractivity contribution is -0.339. The third kappa shape index (κ3) is 6.72. The van der Waals surface area contributed by atoms with E-state index in [0.29, 0.717) is 0 Å². The number of halogens is 1. The van der Waals surface area contributed by atoms with Gasteiger partial charge in [-0.1, -0.05) is 0 Å². The molecule has 0 spiro atoms. The van der Waals surface area contributed by atoms with Crippen LogP contribution < -0.4 is 31.0 Å². The molecular weight excluding hydrogens is 547 g/mol. The maximum Gasteiger partial charge on any atom is 0.351 e. The molecule has 0 radical (unpaired) electrons. The SMILES string of the molecule is Nc1nc(=O)n(C2OC(COP(=O)([O-])OP(=O)([O-])OP(=O)([O-])[O-])C(O)C2O)cc1Br. The summed E-state index contributed by atoms with van der Waals surface area (Å²) in [4.78, 5) is 58.5. The number of phosphoric acid groups is 3. The van der Waals surface area contributed by atoms with Crippen molar-refractivity contribution in [3.8, 4) is 0 Å². The highest BCUT2D eigenvalue weighted by Crippen LogP contribution is 2.60. The molecule has 172 valence electrons. The maximum atomic E-state index is 11.9. The van der Waals surface area contributed by atoms with Gasteiger partial charge in [-0.2, -0.15) is 4.98 Å². The minimum atomic E-state index is -6.16. The summed E-state index contributed by atoms with van der Waals surface area (Å²) < 4.78 is 49.4. The summed E-state index contributed by atoms with van der Waals surface area (Å²) in [6, 6.07) is 0. The van der Waals surface area contributed by atoms with E-state index in [4.69, 9.17) is 10.5 Å². The largest absolute Gasteiger partial charge is 0.790 e. The number of aromatic nitrogens is 2. The predicted octanol–water partition coefficient (Wildman–Crippen LogP) is -3.98. The fourth-order valence-corrected chi connectivity index (χ4v) is 5.36. The first-order chi connectivity index (χ1) is 13.5. The molecule has 1 aromatic heterocycles. The van der Waals surface area contributed by atoms with Crippen LogP contribution in [0.5, 0.6) is 0 Å². The van der Waals surface area contributed by atoms with Gasteiger partial charge in [0.15, 0.2) is 6.23 Å². The lowest BCUT2D eigenvalue weighted by Gasteiger charge is -2.37. The van der Waals surface area contributed by atoms with E-state index in [0.717, 1.165) is 10.8 Å². The fraction of sp³-hybridized carbons (Fsp3) is 0.556. The standard InChI is InChI=1S/C9H15BrN3O14P3/c10-3-1-13(9(16)12-7(3)11)8-6(15)5(14)4(25-8)2-24-29(20,21)27-30(22,23)26-28(17,18)19/h1,4-6,8,14-15H,2H2,(H,20,21)(H,22,23)(H2,11,12,16)(H2,17,18,19)/p-4. The van der Waals surface area contributed by atoms with E-state index in [9.17, 15) is 48.3 Å². The van der Waals surface area contributed by atoms with Crippen LogP contribution in [0.15, 0.2) is 15.5 Å². The number of nitrogens with two attached hydrogens (primary N) is 1. The zero-order valence-electron chi connectivity index (χ0n) is 14.1. The molecule has 1 aliphatic rings. The van der Waals surface area contributed by atoms with Crippen molar-refractivity contribution in [2.45, 2.75) is 24.5 Å². The Morgan fingerprint density at radius 1 is 1.17 bits per heavy atom. The van der Waals surface area contributed by atoms with E-state index < -0.39 is 60.3 Å². The number of phosphoric ester groups is 1. The van der Waals surface area contributed by atoms with E-state index in [1.807, 2.05) is 0 Å². The van der Waals surface area contributed by atoms with Crippen LogP contribution in [0.4, 0.5) is 5.82 Å². The third-order valence-electron chi connectivity index (χ3n) is 3.34. The molecular formula is C9H11BrN3O14P3-4. The minimum Gasteiger partial charge on any atom is -0.790 e. The Hall–Kier alpha value is -0.550. The summed E-state index contributed by atoms with van der Waals surface area (Å²) in [7, 11) is -18.2. The molecule has 1 saturated heterocycles. The Bertz CT molecular complexity index is 997. The summed E-state index contributed by atoms with van der Waals surface area (Å²) in [6.07, 6.45) is -5.77. The van der Waals surface area contributed by atoms with Crippen molar-refractivity contribution in [1.82, 2.24) is 9.55 Å². The number of aliphatic hydroxyl groups is 2. The van der Waals surface area contributed by atoms with Crippen molar-refractivity contribution in [2.75, 3.05) is 12.3 Å². The van der Waals surface area contributed by atoms with Gasteiger partial charge in [-0.05, 0) is 15.9 Å². The smallest absolute Gasteiger partial charge is 0.351 e. The van der Waals surface area contributed by atoms with E-state index in [-0.39, 0.29) is 10.3 Å². The van der Waals surface area contributed by atoms with Gasteiger partial charge in [-0.15, -0.1) is 0 Å². The van der Waals surface area contributed by atoms with Gasteiger partial charge in [-0.25, -0.2) is 9.11 Å². The highest BCUT2D eigenvalue weighted by atomic mass is 79.9. The van der Waals surface area contributed by atoms with Crippen molar-refractivity contribution in [3.63, 3.8) is 0 Å². The topological polar surface area (TPSA) is 282 Å². The molecule has 2 heterocycles. The van der Waals surface area contributed by atoms with E-state index in [1.54, 1.807) is 0 Å². The Labute approximate surface area is 174 Å². The number of rotatable bonds is 8. The second-order valence-corrected chi connectivity index (χ2v) is 10.6. The average Bonchev–Trinajstić information content (AvgIpc) is 2.81. The minimum absolute atomic E-state index is 0.129. The van der Waals surface area contributed by atoms with Gasteiger partial charge in [0.05, 0.1) is 18.9 Å². The second kappa shape index (κ2) is 9.13. The van der Waals surface area contributed by atoms with Gasteiger partial charge < -0.3 is 49.3 Å². The third-order valence-corrected chi connectivity index (χ3v) is 7.62. The summed E-state index contributed by atoms with van der Waals surface area (Å²) >= 11 is 2.98. The quantitative estimate of drug-likeness (QED) is 0.256. The number of hydrogen-bond acceptors (Lipinski definition) is 16. The first kappa shape index (κ1) is 25.7. The first-order valence-corrected chi connectivity index (χ1v) is 12.5. The van der Waals surface area contributed by atoms with Crippen LogP contribution in [-0.4, -0.2) is 44.7 Å². The van der Waals surface area contributed by atoms with Crippen molar-refractivity contribution < 1.29 is 61.4 Å². The molecule has 17 nitrogen and oxygen atoms in total. The average molecular weight is 558 g/mol. The van der Waals surface area contributed by atoms with Crippen LogP contribution in [0.2, 0.25) is 0 Å². The summed E-state index contributed by atoms with van der Waals surface area (Å²) in [5.41, 5.74) is 4.43.